The van der Waals surface area contributed by atoms with Crippen molar-refractivity contribution in [2.75, 3.05) is 0 Å². The van der Waals surface area contributed by atoms with Gasteiger partial charge in [0.05, 0.1) is 16.4 Å². The van der Waals surface area contributed by atoms with E-state index in [0.29, 0.717) is 0 Å². The van der Waals surface area contributed by atoms with E-state index in [-0.39, 0.29) is 0 Å². The van der Waals surface area contributed by atoms with Gasteiger partial charge in [-0.1, -0.05) is 15.9 Å². The lowest BCUT2D eigenvalue weighted by Crippen LogP contribution is -1.83. The Morgan fingerprint density at radius 3 is 3.15 bits per heavy atom. The van der Waals surface area contributed by atoms with E-state index in [0.717, 1.165) is 19.7 Å². The number of thiazole rings is 1. The minimum Gasteiger partial charge on any atom is -0.323 e. The van der Waals surface area contributed by atoms with Crippen LogP contribution in [0.25, 0.3) is 10.2 Å². The van der Waals surface area contributed by atoms with Crippen molar-refractivity contribution < 1.29 is 0 Å². The van der Waals surface area contributed by atoms with Gasteiger partial charge in [-0.15, -0.1) is 11.3 Å². The van der Waals surface area contributed by atoms with Crippen LogP contribution in [0.5, 0.6) is 0 Å². The quantitative estimate of drug-likeness (QED) is 0.483. The van der Waals surface area contributed by atoms with E-state index in [1.807, 2.05) is 18.2 Å². The highest BCUT2D eigenvalue weighted by Crippen LogP contribution is 2.24. The van der Waals surface area contributed by atoms with E-state index in [9.17, 15) is 0 Å². The zero-order valence-electron chi connectivity index (χ0n) is 6.57. The second kappa shape index (κ2) is 3.43. The number of halogens is 1. The largest absolute Gasteiger partial charge is 0.323 e. The Bertz CT molecular complexity index is 463. The molecule has 5 heteroatoms. The average molecular weight is 256 g/mol. The first-order valence-corrected chi connectivity index (χ1v) is 5.20. The third kappa shape index (κ3) is 1.71. The van der Waals surface area contributed by atoms with E-state index >= 15 is 0 Å². The van der Waals surface area contributed by atoms with Crippen molar-refractivity contribution in [1.29, 1.82) is 0 Å². The highest BCUT2D eigenvalue weighted by atomic mass is 79.9. The maximum Gasteiger partial charge on any atom is 0.137 e. The highest BCUT2D eigenvalue weighted by molar-refractivity contribution is 9.10. The van der Waals surface area contributed by atoms with Crippen LogP contribution in [0.3, 0.4) is 0 Å². The lowest BCUT2D eigenvalue weighted by molar-refractivity contribution is 1.26. The highest BCUT2D eigenvalue weighted by Gasteiger charge is 2.01. The summed E-state index contributed by atoms with van der Waals surface area (Å²) in [5.74, 6) is 5.04. The smallest absolute Gasteiger partial charge is 0.137 e. The van der Waals surface area contributed by atoms with Crippen molar-refractivity contribution >= 4 is 43.7 Å². The van der Waals surface area contributed by atoms with Crippen molar-refractivity contribution in [3.05, 3.63) is 27.7 Å². The number of nitrogens with two attached hydrogens (primary N) is 1. The molecule has 2 N–H and O–H groups in total. The molecule has 13 heavy (non-hydrogen) atoms. The van der Waals surface area contributed by atoms with Crippen LogP contribution in [-0.2, 0) is 0 Å². The third-order valence-corrected chi connectivity index (χ3v) is 3.00. The van der Waals surface area contributed by atoms with E-state index in [4.69, 9.17) is 5.84 Å². The van der Waals surface area contributed by atoms with Crippen LogP contribution in [-0.4, -0.2) is 11.2 Å². The van der Waals surface area contributed by atoms with Gasteiger partial charge in [0.15, 0.2) is 0 Å². The van der Waals surface area contributed by atoms with Crippen LogP contribution in [0.15, 0.2) is 27.8 Å². The van der Waals surface area contributed by atoms with Crippen molar-refractivity contribution in [3.8, 4) is 0 Å². The molecule has 0 amide bonds. The first-order valence-electron chi connectivity index (χ1n) is 3.59. The molecule has 0 spiro atoms. The molecule has 1 heterocycles. The molecule has 66 valence electrons. The molecule has 2 aromatic rings. The fourth-order valence-electron chi connectivity index (χ4n) is 1.04. The van der Waals surface area contributed by atoms with Crippen molar-refractivity contribution in [1.82, 2.24) is 4.98 Å². The molecule has 0 atom stereocenters. The Kier molecular flexibility index (Phi) is 2.28. The number of benzene rings is 1. The molecule has 2 rings (SSSR count). The summed E-state index contributed by atoms with van der Waals surface area (Å²) in [6.45, 7) is 0. The topological polar surface area (TPSA) is 51.3 Å². The van der Waals surface area contributed by atoms with Gasteiger partial charge < -0.3 is 5.84 Å². The number of hydrazone groups is 1. The van der Waals surface area contributed by atoms with Gasteiger partial charge in [-0.2, -0.15) is 5.10 Å². The molecule has 0 aliphatic heterocycles. The second-order valence-corrected chi connectivity index (χ2v) is 4.42. The summed E-state index contributed by atoms with van der Waals surface area (Å²) in [4.78, 5) is 4.31. The minimum atomic E-state index is 0.829. The maximum atomic E-state index is 5.04. The molecule has 1 aromatic carbocycles. The lowest BCUT2D eigenvalue weighted by Gasteiger charge is -1.86. The Morgan fingerprint density at radius 2 is 2.38 bits per heavy atom. The molecule has 0 aliphatic carbocycles. The molecule has 0 fully saturated rings. The standard InChI is InChI=1S/C8H6BrN3S/c9-5-1-2-6-7(3-5)13-8(12-6)4-11-10/h1-4H,10H2. The summed E-state index contributed by atoms with van der Waals surface area (Å²) in [5, 5.41) is 4.26. The van der Waals surface area contributed by atoms with E-state index in [1.54, 1.807) is 17.6 Å². The van der Waals surface area contributed by atoms with Crippen LogP contribution < -0.4 is 5.84 Å². The summed E-state index contributed by atoms with van der Waals surface area (Å²) >= 11 is 4.97. The first-order chi connectivity index (χ1) is 6.29. The fourth-order valence-corrected chi connectivity index (χ4v) is 2.43. The Morgan fingerprint density at radius 1 is 1.54 bits per heavy atom. The lowest BCUT2D eigenvalue weighted by atomic mass is 10.3. The summed E-state index contributed by atoms with van der Waals surface area (Å²) in [5.41, 5.74) is 0.975. The fraction of sp³-hybridized carbons (Fsp3) is 0. The normalized spacial score (nSPS) is 11.5. The molecule has 0 aliphatic rings. The predicted molar refractivity (Wildman–Crippen MR) is 59.1 cm³/mol. The van der Waals surface area contributed by atoms with Gasteiger partial charge in [0.25, 0.3) is 0 Å². The number of aromatic nitrogens is 1. The molecule has 1 aromatic heterocycles. The van der Waals surface area contributed by atoms with E-state index in [2.05, 4.69) is 26.0 Å². The van der Waals surface area contributed by atoms with Crippen molar-refractivity contribution in [2.45, 2.75) is 0 Å². The van der Waals surface area contributed by atoms with Gasteiger partial charge in [0.2, 0.25) is 0 Å². The van der Waals surface area contributed by atoms with E-state index in [1.165, 1.54) is 0 Å². The Balaban J connectivity index is 2.62. The van der Waals surface area contributed by atoms with Crippen molar-refractivity contribution in [2.24, 2.45) is 10.9 Å². The average Bonchev–Trinajstić information content (AvgIpc) is 2.46. The number of rotatable bonds is 1. The second-order valence-electron chi connectivity index (χ2n) is 2.44. The van der Waals surface area contributed by atoms with Crippen LogP contribution in [0, 0.1) is 0 Å². The summed E-state index contributed by atoms with van der Waals surface area (Å²) in [7, 11) is 0. The van der Waals surface area contributed by atoms with E-state index < -0.39 is 0 Å². The minimum absolute atomic E-state index is 0.829. The summed E-state index contributed by atoms with van der Waals surface area (Å²) < 4.78 is 2.18. The molecule has 0 saturated heterocycles. The Labute approximate surface area is 87.4 Å². The molecule has 0 saturated carbocycles. The van der Waals surface area contributed by atoms with Gasteiger partial charge in [0.1, 0.15) is 5.01 Å². The van der Waals surface area contributed by atoms with Gasteiger partial charge in [-0.3, -0.25) is 0 Å². The van der Waals surface area contributed by atoms with Crippen LogP contribution >= 0.6 is 27.3 Å². The molecule has 3 nitrogen and oxygen atoms in total. The zero-order valence-corrected chi connectivity index (χ0v) is 8.97. The monoisotopic (exact) mass is 255 g/mol. The zero-order chi connectivity index (χ0) is 9.26. The van der Waals surface area contributed by atoms with Gasteiger partial charge in [-0.05, 0) is 18.2 Å². The molecule has 0 unspecified atom stereocenters. The maximum absolute atomic E-state index is 5.04. The number of nitrogens with zero attached hydrogens (tertiary/aromatic N) is 2. The van der Waals surface area contributed by atoms with Crippen LogP contribution in [0.2, 0.25) is 0 Å². The van der Waals surface area contributed by atoms with Gasteiger partial charge >= 0.3 is 0 Å². The SMILES string of the molecule is NN=Cc1nc2ccc(Br)cc2s1. The van der Waals surface area contributed by atoms with Crippen LogP contribution in [0.1, 0.15) is 5.01 Å². The molecule has 0 bridgehead atoms. The first kappa shape index (κ1) is 8.65. The van der Waals surface area contributed by atoms with Crippen LogP contribution in [0.4, 0.5) is 0 Å². The van der Waals surface area contributed by atoms with Gasteiger partial charge in [-0.25, -0.2) is 4.98 Å². The third-order valence-electron chi connectivity index (χ3n) is 1.55. The molecular formula is C8H6BrN3S. The molecule has 0 radical (unpaired) electrons. The predicted octanol–water partition coefficient (Wildman–Crippen LogP) is 2.35. The Hall–Kier alpha value is -0.940. The molecular weight excluding hydrogens is 250 g/mol. The van der Waals surface area contributed by atoms with Gasteiger partial charge in [0, 0.05) is 4.47 Å². The number of fused-ring (bicyclic) bond motifs is 1. The number of hydrogen-bond donors (Lipinski definition) is 1. The number of hydrogen-bond acceptors (Lipinski definition) is 4. The van der Waals surface area contributed by atoms with Crippen molar-refractivity contribution in [3.63, 3.8) is 0 Å². The summed E-state index contributed by atoms with van der Waals surface area (Å²) in [6, 6.07) is 5.95. The summed E-state index contributed by atoms with van der Waals surface area (Å²) in [6.07, 6.45) is 1.55.